The average Bonchev–Trinajstić information content (AvgIpc) is 3.24. The molecule has 154 valence electrons. The molecule has 0 unspecified atom stereocenters. The molecule has 4 rings (SSSR count). The highest BCUT2D eigenvalue weighted by molar-refractivity contribution is 5.91. The number of rotatable bonds is 4. The molecule has 28 heavy (non-hydrogen) atoms. The Labute approximate surface area is 167 Å². The summed E-state index contributed by atoms with van der Waals surface area (Å²) in [6.07, 6.45) is 4.68. The van der Waals surface area contributed by atoms with Gasteiger partial charge in [-0.1, -0.05) is 0 Å². The molecule has 1 saturated carbocycles. The van der Waals surface area contributed by atoms with E-state index in [-0.39, 0.29) is 5.91 Å². The van der Waals surface area contributed by atoms with Crippen molar-refractivity contribution < 1.29 is 9.90 Å². The molecule has 1 atom stereocenters. The third-order valence-electron chi connectivity index (χ3n) is 7.05. The van der Waals surface area contributed by atoms with Crippen LogP contribution in [0, 0.1) is 19.8 Å². The molecule has 3 heterocycles. The van der Waals surface area contributed by atoms with Gasteiger partial charge in [0, 0.05) is 43.5 Å². The summed E-state index contributed by atoms with van der Waals surface area (Å²) in [7, 11) is 4.23. The van der Waals surface area contributed by atoms with E-state index in [9.17, 15) is 9.90 Å². The monoisotopic (exact) mass is 387 g/mol. The number of aromatic nitrogens is 2. The highest BCUT2D eigenvalue weighted by Crippen LogP contribution is 2.46. The van der Waals surface area contributed by atoms with Crippen molar-refractivity contribution in [1.82, 2.24) is 19.8 Å². The fraction of sp³-hybridized carbons (Fsp3) is 0.762. The topological polar surface area (TPSA) is 72.8 Å². The van der Waals surface area contributed by atoms with Crippen molar-refractivity contribution in [1.29, 1.82) is 0 Å². The molecule has 1 amide bonds. The molecule has 7 heteroatoms. The van der Waals surface area contributed by atoms with Gasteiger partial charge in [-0.15, -0.1) is 0 Å². The van der Waals surface area contributed by atoms with Gasteiger partial charge in [0.15, 0.2) is 0 Å². The maximum atomic E-state index is 13.1. The number of hydrogen-bond acceptors (Lipinski definition) is 6. The zero-order valence-corrected chi connectivity index (χ0v) is 17.6. The normalized spacial score (nSPS) is 24.9. The molecule has 2 aliphatic heterocycles. The zero-order valence-electron chi connectivity index (χ0n) is 17.6. The molecule has 0 spiro atoms. The van der Waals surface area contributed by atoms with E-state index in [2.05, 4.69) is 28.9 Å². The van der Waals surface area contributed by atoms with Gasteiger partial charge in [-0.25, -0.2) is 9.97 Å². The fourth-order valence-corrected chi connectivity index (χ4v) is 4.67. The van der Waals surface area contributed by atoms with E-state index in [1.807, 2.05) is 18.7 Å². The number of likely N-dealkylation sites (tertiary alicyclic amines) is 1. The van der Waals surface area contributed by atoms with E-state index in [1.165, 1.54) is 0 Å². The van der Waals surface area contributed by atoms with E-state index < -0.39 is 5.60 Å². The van der Waals surface area contributed by atoms with Gasteiger partial charge in [0.25, 0.3) is 5.91 Å². The van der Waals surface area contributed by atoms with Crippen molar-refractivity contribution >= 4 is 11.7 Å². The van der Waals surface area contributed by atoms with Crippen molar-refractivity contribution in [2.75, 3.05) is 45.2 Å². The Balaban J connectivity index is 1.49. The highest BCUT2D eigenvalue weighted by Gasteiger charge is 2.48. The lowest BCUT2D eigenvalue weighted by Crippen LogP contribution is -2.42. The Morgan fingerprint density at radius 1 is 1.11 bits per heavy atom. The summed E-state index contributed by atoms with van der Waals surface area (Å²) in [6, 6.07) is 0.515. The van der Waals surface area contributed by atoms with Gasteiger partial charge in [0.05, 0.1) is 5.60 Å². The number of carbonyl (C=O) groups is 1. The molecular weight excluding hydrogens is 354 g/mol. The standard InChI is InChI=1S/C21H33N5O2/c1-14-15(2)22-18(23-19(14)26-12-7-17(13-26)24(3)4)20(27)25-10-5-16(6-11-25)21(28)8-9-21/h16-17,28H,5-13H2,1-4H3/t17-/m1/s1. The molecule has 0 radical (unpaired) electrons. The van der Waals surface area contributed by atoms with Gasteiger partial charge < -0.3 is 19.8 Å². The number of amides is 1. The third kappa shape index (κ3) is 3.62. The molecule has 0 aromatic carbocycles. The minimum atomic E-state index is -0.446. The largest absolute Gasteiger partial charge is 0.390 e. The van der Waals surface area contributed by atoms with Gasteiger partial charge in [-0.2, -0.15) is 0 Å². The molecule has 0 bridgehead atoms. The predicted octanol–water partition coefficient (Wildman–Crippen LogP) is 1.61. The van der Waals surface area contributed by atoms with Crippen LogP contribution >= 0.6 is 0 Å². The van der Waals surface area contributed by atoms with Crippen LogP contribution in [-0.4, -0.2) is 82.7 Å². The van der Waals surface area contributed by atoms with E-state index in [4.69, 9.17) is 4.98 Å². The van der Waals surface area contributed by atoms with Crippen molar-refractivity contribution in [2.45, 2.75) is 57.6 Å². The summed E-state index contributed by atoms with van der Waals surface area (Å²) >= 11 is 0. The van der Waals surface area contributed by atoms with Gasteiger partial charge in [0.2, 0.25) is 5.82 Å². The van der Waals surface area contributed by atoms with Gasteiger partial charge in [-0.3, -0.25) is 4.79 Å². The lowest BCUT2D eigenvalue weighted by molar-refractivity contribution is 0.0335. The lowest BCUT2D eigenvalue weighted by atomic mass is 9.89. The minimum absolute atomic E-state index is 0.0751. The summed E-state index contributed by atoms with van der Waals surface area (Å²) in [5.41, 5.74) is 1.49. The van der Waals surface area contributed by atoms with Crippen molar-refractivity contribution in [2.24, 2.45) is 5.92 Å². The highest BCUT2D eigenvalue weighted by atomic mass is 16.3. The smallest absolute Gasteiger partial charge is 0.291 e. The first-order valence-corrected chi connectivity index (χ1v) is 10.6. The van der Waals surface area contributed by atoms with Crippen LogP contribution in [0.1, 0.15) is 54.0 Å². The fourth-order valence-electron chi connectivity index (χ4n) is 4.67. The van der Waals surface area contributed by atoms with Crippen LogP contribution in [0.2, 0.25) is 0 Å². The van der Waals surface area contributed by atoms with Crippen molar-refractivity contribution in [3.8, 4) is 0 Å². The lowest BCUT2D eigenvalue weighted by Gasteiger charge is -2.34. The average molecular weight is 388 g/mol. The van der Waals surface area contributed by atoms with E-state index in [0.29, 0.717) is 30.9 Å². The van der Waals surface area contributed by atoms with Crippen LogP contribution in [-0.2, 0) is 0 Å². The first kappa shape index (κ1) is 19.6. The van der Waals surface area contributed by atoms with Gasteiger partial charge in [-0.05, 0) is 66.0 Å². The SMILES string of the molecule is Cc1nc(C(=O)N2CCC(C3(O)CC3)CC2)nc(N2CC[C@@H](N(C)C)C2)c1C. The zero-order chi connectivity index (χ0) is 20.1. The maximum absolute atomic E-state index is 13.1. The first-order valence-electron chi connectivity index (χ1n) is 10.6. The Morgan fingerprint density at radius 2 is 1.79 bits per heavy atom. The van der Waals surface area contributed by atoms with Crippen LogP contribution < -0.4 is 4.90 Å². The Hall–Kier alpha value is -1.73. The van der Waals surface area contributed by atoms with E-state index in [1.54, 1.807) is 0 Å². The Kier molecular flexibility index (Phi) is 5.08. The van der Waals surface area contributed by atoms with Crippen LogP contribution in [0.3, 0.4) is 0 Å². The number of carbonyl (C=O) groups excluding carboxylic acids is 1. The Morgan fingerprint density at radius 3 is 2.36 bits per heavy atom. The number of aryl methyl sites for hydroxylation is 1. The summed E-state index contributed by atoms with van der Waals surface area (Å²) < 4.78 is 0. The molecule has 1 aromatic heterocycles. The number of anilines is 1. The van der Waals surface area contributed by atoms with Crippen molar-refractivity contribution in [3.63, 3.8) is 0 Å². The van der Waals surface area contributed by atoms with Gasteiger partial charge in [0.1, 0.15) is 5.82 Å². The number of piperidine rings is 1. The van der Waals surface area contributed by atoms with Gasteiger partial charge >= 0.3 is 0 Å². The van der Waals surface area contributed by atoms with Crippen LogP contribution in [0.25, 0.3) is 0 Å². The molecule has 3 fully saturated rings. The molecule has 1 N–H and O–H groups in total. The number of likely N-dealkylation sites (N-methyl/N-ethyl adjacent to an activating group) is 1. The Bertz CT molecular complexity index is 753. The maximum Gasteiger partial charge on any atom is 0.291 e. The molecular formula is C21H33N5O2. The second kappa shape index (κ2) is 7.26. The summed E-state index contributed by atoms with van der Waals surface area (Å²) in [4.78, 5) is 28.7. The molecule has 1 aromatic rings. The summed E-state index contributed by atoms with van der Waals surface area (Å²) in [5.74, 6) is 1.48. The number of nitrogens with zero attached hydrogens (tertiary/aromatic N) is 5. The summed E-state index contributed by atoms with van der Waals surface area (Å²) in [5, 5.41) is 10.3. The summed E-state index contributed by atoms with van der Waals surface area (Å²) in [6.45, 7) is 7.27. The molecule has 1 aliphatic carbocycles. The first-order chi connectivity index (χ1) is 13.3. The minimum Gasteiger partial charge on any atom is -0.390 e. The van der Waals surface area contributed by atoms with Crippen molar-refractivity contribution in [3.05, 3.63) is 17.1 Å². The molecule has 3 aliphatic rings. The van der Waals surface area contributed by atoms with E-state index >= 15 is 0 Å². The second-order valence-corrected chi connectivity index (χ2v) is 9.10. The number of hydrogen-bond donors (Lipinski definition) is 1. The quantitative estimate of drug-likeness (QED) is 0.846. The molecule has 2 saturated heterocycles. The van der Waals surface area contributed by atoms with Crippen LogP contribution in [0.5, 0.6) is 0 Å². The predicted molar refractivity (Wildman–Crippen MR) is 109 cm³/mol. The van der Waals surface area contributed by atoms with Crippen LogP contribution in [0.4, 0.5) is 5.82 Å². The third-order valence-corrected chi connectivity index (χ3v) is 7.05. The second-order valence-electron chi connectivity index (χ2n) is 9.10. The number of aliphatic hydroxyl groups is 1. The molecule has 7 nitrogen and oxygen atoms in total. The van der Waals surface area contributed by atoms with E-state index in [0.717, 1.165) is 62.3 Å². The van der Waals surface area contributed by atoms with Crippen LogP contribution in [0.15, 0.2) is 0 Å².